The van der Waals surface area contributed by atoms with Crippen LogP contribution < -0.4 is 10.1 Å². The van der Waals surface area contributed by atoms with Crippen LogP contribution >= 0.6 is 27.5 Å². The summed E-state index contributed by atoms with van der Waals surface area (Å²) < 4.78 is 6.67. The van der Waals surface area contributed by atoms with Gasteiger partial charge in [0, 0.05) is 21.9 Å². The fraction of sp³-hybridized carbons (Fsp3) is 0.538. The average molecular weight is 321 g/mol. The van der Waals surface area contributed by atoms with Crippen LogP contribution in [-0.2, 0) is 0 Å². The molecule has 0 heterocycles. The van der Waals surface area contributed by atoms with Crippen molar-refractivity contribution in [1.82, 2.24) is 5.32 Å². The van der Waals surface area contributed by atoms with Crippen LogP contribution in [0.5, 0.6) is 5.75 Å². The lowest BCUT2D eigenvalue weighted by molar-refractivity contribution is 0.282. The van der Waals surface area contributed by atoms with Gasteiger partial charge in [-0.15, -0.1) is 11.6 Å². The van der Waals surface area contributed by atoms with Gasteiger partial charge in [-0.25, -0.2) is 0 Å². The van der Waals surface area contributed by atoms with Gasteiger partial charge in [0.05, 0.1) is 0 Å². The molecule has 2 nitrogen and oxygen atoms in total. The van der Waals surface area contributed by atoms with Gasteiger partial charge >= 0.3 is 0 Å². The van der Waals surface area contributed by atoms with Crippen molar-refractivity contribution < 1.29 is 4.74 Å². The quantitative estimate of drug-likeness (QED) is 0.635. The zero-order valence-electron chi connectivity index (χ0n) is 10.5. The third-order valence-corrected chi connectivity index (χ3v) is 3.83. The van der Waals surface area contributed by atoms with E-state index < -0.39 is 0 Å². The SMILES string of the molecule is CC(Cl)C(C)(C)NCCOc1ccc(Br)cc1. The Labute approximate surface area is 117 Å². The zero-order valence-corrected chi connectivity index (χ0v) is 12.8. The van der Waals surface area contributed by atoms with Gasteiger partial charge in [-0.3, -0.25) is 0 Å². The molecule has 1 atom stereocenters. The van der Waals surface area contributed by atoms with Gasteiger partial charge in [0.1, 0.15) is 12.4 Å². The molecule has 0 saturated carbocycles. The van der Waals surface area contributed by atoms with E-state index in [1.165, 1.54) is 0 Å². The third kappa shape index (κ3) is 5.28. The van der Waals surface area contributed by atoms with E-state index in [2.05, 4.69) is 35.1 Å². The second kappa shape index (κ2) is 6.62. The van der Waals surface area contributed by atoms with Gasteiger partial charge in [0.15, 0.2) is 0 Å². The van der Waals surface area contributed by atoms with Crippen molar-refractivity contribution in [2.75, 3.05) is 13.2 Å². The molecule has 4 heteroatoms. The summed E-state index contributed by atoms with van der Waals surface area (Å²) in [6.45, 7) is 7.58. The minimum absolute atomic E-state index is 0.0787. The van der Waals surface area contributed by atoms with Gasteiger partial charge in [0.2, 0.25) is 0 Å². The Morgan fingerprint density at radius 2 is 1.94 bits per heavy atom. The molecule has 0 aliphatic heterocycles. The number of hydrogen-bond acceptors (Lipinski definition) is 2. The second-order valence-corrected chi connectivity index (χ2v) is 6.14. The smallest absolute Gasteiger partial charge is 0.119 e. The Hall–Kier alpha value is -0.250. The first kappa shape index (κ1) is 14.8. The van der Waals surface area contributed by atoms with E-state index in [4.69, 9.17) is 16.3 Å². The van der Waals surface area contributed by atoms with Crippen LogP contribution in [0.25, 0.3) is 0 Å². The van der Waals surface area contributed by atoms with Crippen LogP contribution in [0.4, 0.5) is 0 Å². The lowest BCUT2D eigenvalue weighted by atomic mass is 10.0. The molecule has 0 bridgehead atoms. The Balaban J connectivity index is 2.27. The number of halogens is 2. The van der Waals surface area contributed by atoms with Gasteiger partial charge < -0.3 is 10.1 Å². The van der Waals surface area contributed by atoms with Crippen LogP contribution in [0.3, 0.4) is 0 Å². The summed E-state index contributed by atoms with van der Waals surface area (Å²) in [5.74, 6) is 0.881. The molecule has 0 radical (unpaired) electrons. The lowest BCUT2D eigenvalue weighted by Gasteiger charge is -2.29. The highest BCUT2D eigenvalue weighted by Gasteiger charge is 2.22. The number of ether oxygens (including phenoxy) is 1. The van der Waals surface area contributed by atoms with Gasteiger partial charge in [-0.1, -0.05) is 15.9 Å². The first-order chi connectivity index (χ1) is 7.92. The normalized spacial score (nSPS) is 13.5. The summed E-state index contributed by atoms with van der Waals surface area (Å²) in [6.07, 6.45) is 0. The fourth-order valence-electron chi connectivity index (χ4n) is 1.21. The molecule has 1 rings (SSSR count). The highest BCUT2D eigenvalue weighted by atomic mass is 79.9. The van der Waals surface area contributed by atoms with Gasteiger partial charge in [0.25, 0.3) is 0 Å². The van der Waals surface area contributed by atoms with Crippen molar-refractivity contribution in [2.45, 2.75) is 31.7 Å². The molecule has 0 aliphatic carbocycles. The first-order valence-electron chi connectivity index (χ1n) is 5.69. The summed E-state index contributed by atoms with van der Waals surface area (Å²) in [7, 11) is 0. The monoisotopic (exact) mass is 319 g/mol. The van der Waals surface area contributed by atoms with Crippen molar-refractivity contribution >= 4 is 27.5 Å². The maximum Gasteiger partial charge on any atom is 0.119 e. The molecule has 0 saturated heterocycles. The molecule has 0 amide bonds. The molecule has 0 aliphatic rings. The van der Waals surface area contributed by atoms with E-state index in [0.29, 0.717) is 6.61 Å². The van der Waals surface area contributed by atoms with Crippen molar-refractivity contribution in [3.63, 3.8) is 0 Å². The topological polar surface area (TPSA) is 21.3 Å². The van der Waals surface area contributed by atoms with Crippen LogP contribution in [0.1, 0.15) is 20.8 Å². The number of alkyl halides is 1. The van der Waals surface area contributed by atoms with Gasteiger partial charge in [-0.05, 0) is 45.0 Å². The lowest BCUT2D eigenvalue weighted by Crippen LogP contribution is -2.47. The van der Waals surface area contributed by atoms with Crippen LogP contribution in [0.15, 0.2) is 28.7 Å². The number of nitrogens with one attached hydrogen (secondary N) is 1. The average Bonchev–Trinajstić information content (AvgIpc) is 2.26. The molecule has 1 aromatic carbocycles. The Morgan fingerprint density at radius 3 is 2.47 bits per heavy atom. The largest absolute Gasteiger partial charge is 0.492 e. The van der Waals surface area contributed by atoms with Crippen LogP contribution in [-0.4, -0.2) is 24.1 Å². The van der Waals surface area contributed by atoms with E-state index in [0.717, 1.165) is 16.8 Å². The van der Waals surface area contributed by atoms with E-state index in [-0.39, 0.29) is 10.9 Å². The summed E-state index contributed by atoms with van der Waals surface area (Å²) in [4.78, 5) is 0. The van der Waals surface area contributed by atoms with Crippen LogP contribution in [0.2, 0.25) is 0 Å². The summed E-state index contributed by atoms with van der Waals surface area (Å²) in [5, 5.41) is 3.45. The molecule has 0 spiro atoms. The van der Waals surface area contributed by atoms with E-state index >= 15 is 0 Å². The van der Waals surface area contributed by atoms with Gasteiger partial charge in [-0.2, -0.15) is 0 Å². The third-order valence-electron chi connectivity index (χ3n) is 2.76. The maximum absolute atomic E-state index is 6.07. The fourth-order valence-corrected chi connectivity index (χ4v) is 1.56. The summed E-state index contributed by atoms with van der Waals surface area (Å²) in [5.41, 5.74) is -0.0787. The molecule has 1 aromatic rings. The molecule has 17 heavy (non-hydrogen) atoms. The Morgan fingerprint density at radius 1 is 1.35 bits per heavy atom. The minimum Gasteiger partial charge on any atom is -0.492 e. The molecular weight excluding hydrogens is 302 g/mol. The molecule has 96 valence electrons. The predicted molar refractivity (Wildman–Crippen MR) is 77.0 cm³/mol. The molecule has 1 unspecified atom stereocenters. The predicted octanol–water partition coefficient (Wildman–Crippen LogP) is 3.82. The summed E-state index contributed by atoms with van der Waals surface area (Å²) in [6, 6.07) is 7.82. The zero-order chi connectivity index (χ0) is 12.9. The van der Waals surface area contributed by atoms with Crippen molar-refractivity contribution in [3.8, 4) is 5.75 Å². The van der Waals surface area contributed by atoms with E-state index in [1.807, 2.05) is 31.2 Å². The standard InChI is InChI=1S/C13H19BrClNO/c1-10(15)13(2,3)16-8-9-17-12-6-4-11(14)5-7-12/h4-7,10,16H,8-9H2,1-3H3. The second-order valence-electron chi connectivity index (χ2n) is 4.57. The molecule has 0 fully saturated rings. The maximum atomic E-state index is 6.07. The highest BCUT2D eigenvalue weighted by molar-refractivity contribution is 9.10. The van der Waals surface area contributed by atoms with E-state index in [9.17, 15) is 0 Å². The Bertz CT molecular complexity index is 338. The first-order valence-corrected chi connectivity index (χ1v) is 6.92. The van der Waals surface area contributed by atoms with Crippen LogP contribution in [0, 0.1) is 0 Å². The Kier molecular flexibility index (Phi) is 5.77. The van der Waals surface area contributed by atoms with Crippen molar-refractivity contribution in [3.05, 3.63) is 28.7 Å². The molecular formula is C13H19BrClNO. The number of rotatable bonds is 6. The molecule has 1 N–H and O–H groups in total. The van der Waals surface area contributed by atoms with Crippen molar-refractivity contribution in [2.24, 2.45) is 0 Å². The highest BCUT2D eigenvalue weighted by Crippen LogP contribution is 2.16. The van der Waals surface area contributed by atoms with E-state index in [1.54, 1.807) is 0 Å². The minimum atomic E-state index is -0.0787. The number of hydrogen-bond donors (Lipinski definition) is 1. The molecule has 0 aromatic heterocycles. The van der Waals surface area contributed by atoms with Crippen molar-refractivity contribution in [1.29, 1.82) is 0 Å². The summed E-state index contributed by atoms with van der Waals surface area (Å²) >= 11 is 9.46. The number of benzene rings is 1.